The Bertz CT molecular complexity index is 695. The summed E-state index contributed by atoms with van der Waals surface area (Å²) in [4.78, 5) is 35.3. The summed E-state index contributed by atoms with van der Waals surface area (Å²) >= 11 is 0. The Hall–Kier alpha value is -2.47. The minimum absolute atomic E-state index is 0.102. The highest BCUT2D eigenvalue weighted by molar-refractivity contribution is 5.94. The molecule has 2 rings (SSSR count). The van der Waals surface area contributed by atoms with Crippen molar-refractivity contribution in [2.45, 2.75) is 76.7 Å². The van der Waals surface area contributed by atoms with E-state index in [1.807, 2.05) is 12.2 Å². The number of aliphatic hydroxyl groups is 1. The van der Waals surface area contributed by atoms with Crippen LogP contribution in [0.25, 0.3) is 6.08 Å². The Morgan fingerprint density at radius 2 is 1.87 bits per heavy atom. The van der Waals surface area contributed by atoms with E-state index in [0.29, 0.717) is 49.7 Å². The number of hydrogen-bond donors (Lipinski definition) is 2. The molecule has 1 aromatic rings. The fourth-order valence-electron chi connectivity index (χ4n) is 3.40. The first kappa shape index (κ1) is 25.6. The zero-order valence-corrected chi connectivity index (χ0v) is 17.8. The number of phenols is 1. The minimum Gasteiger partial charge on any atom is -0.508 e. The quantitative estimate of drug-likeness (QED) is 0.411. The molecule has 1 unspecified atom stereocenters. The second-order valence-corrected chi connectivity index (χ2v) is 7.33. The van der Waals surface area contributed by atoms with Gasteiger partial charge in [0.2, 0.25) is 0 Å². The zero-order valence-electron chi connectivity index (χ0n) is 17.8. The van der Waals surface area contributed by atoms with Crippen molar-refractivity contribution in [2.75, 3.05) is 7.11 Å². The summed E-state index contributed by atoms with van der Waals surface area (Å²) in [5.74, 6) is -0.0514. The lowest BCUT2D eigenvalue weighted by molar-refractivity contribution is -0.119. The minimum atomic E-state index is -0.416. The Morgan fingerprint density at radius 3 is 2.63 bits per heavy atom. The van der Waals surface area contributed by atoms with Gasteiger partial charge in [-0.25, -0.2) is 4.79 Å². The first-order valence-electron chi connectivity index (χ1n) is 10.7. The van der Waals surface area contributed by atoms with Crippen LogP contribution in [0, 0.1) is 0 Å². The molecule has 1 heterocycles. The van der Waals surface area contributed by atoms with E-state index in [1.165, 1.54) is 6.07 Å². The number of benzene rings is 1. The summed E-state index contributed by atoms with van der Waals surface area (Å²) in [6.45, 7) is 0. The number of hydrogen-bond acceptors (Lipinski definition) is 6. The van der Waals surface area contributed by atoms with Gasteiger partial charge in [0.25, 0.3) is 0 Å². The van der Waals surface area contributed by atoms with Gasteiger partial charge in [-0.05, 0) is 75.1 Å². The van der Waals surface area contributed by atoms with E-state index < -0.39 is 5.97 Å². The monoisotopic (exact) mass is 418 g/mol. The van der Waals surface area contributed by atoms with Crippen molar-refractivity contribution >= 4 is 24.1 Å². The number of fused-ring (bicyclic) bond motifs is 1. The Balaban J connectivity index is 0.00000218. The third kappa shape index (κ3) is 9.83. The number of phenolic OH excluding ortho intramolecular Hbond substituents is 1. The third-order valence-electron chi connectivity index (χ3n) is 4.98. The summed E-state index contributed by atoms with van der Waals surface area (Å²) in [5.41, 5.74) is 1.06. The molecule has 166 valence electrons. The molecule has 30 heavy (non-hydrogen) atoms. The van der Waals surface area contributed by atoms with E-state index in [4.69, 9.17) is 9.84 Å². The molecule has 6 nitrogen and oxygen atoms in total. The van der Waals surface area contributed by atoms with Crippen molar-refractivity contribution in [3.8, 4) is 5.75 Å². The van der Waals surface area contributed by atoms with Crippen LogP contribution >= 0.6 is 0 Å². The molecule has 2 N–H and O–H groups in total. The van der Waals surface area contributed by atoms with Crippen LogP contribution in [0.1, 0.15) is 86.6 Å². The number of rotatable bonds is 5. The highest BCUT2D eigenvalue weighted by atomic mass is 16.5. The molecule has 0 fully saturated rings. The van der Waals surface area contributed by atoms with Gasteiger partial charge in [-0.3, -0.25) is 4.79 Å². The summed E-state index contributed by atoms with van der Waals surface area (Å²) in [5, 5.41) is 16.8. The molecular weight excluding hydrogens is 384 g/mol. The van der Waals surface area contributed by atoms with Crippen LogP contribution in [-0.2, 0) is 14.3 Å². The number of unbranched alkanes of at least 4 members (excludes halogenated alkanes) is 2. The normalized spacial score (nSPS) is 19.2. The highest BCUT2D eigenvalue weighted by Gasteiger charge is 2.19. The molecule has 0 saturated carbocycles. The lowest BCUT2D eigenvalue weighted by Gasteiger charge is -2.18. The molecule has 1 aliphatic rings. The van der Waals surface area contributed by atoms with E-state index in [2.05, 4.69) is 0 Å². The second-order valence-electron chi connectivity index (χ2n) is 7.33. The number of aldehydes is 1. The topological polar surface area (TPSA) is 101 Å². The van der Waals surface area contributed by atoms with Crippen molar-refractivity contribution in [2.24, 2.45) is 0 Å². The Morgan fingerprint density at radius 1 is 1.10 bits per heavy atom. The number of ether oxygens (including phenoxy) is 1. The smallest absolute Gasteiger partial charge is 0.339 e. The van der Waals surface area contributed by atoms with Gasteiger partial charge in [0.05, 0.1) is 5.56 Å². The van der Waals surface area contributed by atoms with Gasteiger partial charge < -0.3 is 19.7 Å². The van der Waals surface area contributed by atoms with Crippen molar-refractivity contribution < 1.29 is 29.3 Å². The largest absolute Gasteiger partial charge is 0.508 e. The van der Waals surface area contributed by atoms with Crippen LogP contribution in [0.5, 0.6) is 5.75 Å². The highest BCUT2D eigenvalue weighted by Crippen LogP contribution is 2.23. The lowest BCUT2D eigenvalue weighted by Crippen LogP contribution is -2.19. The summed E-state index contributed by atoms with van der Waals surface area (Å²) in [6, 6.07) is 4.63. The van der Waals surface area contributed by atoms with Gasteiger partial charge in [-0.1, -0.05) is 12.2 Å². The van der Waals surface area contributed by atoms with Crippen molar-refractivity contribution in [1.82, 2.24) is 0 Å². The van der Waals surface area contributed by atoms with E-state index in [0.717, 1.165) is 45.5 Å². The van der Waals surface area contributed by atoms with Gasteiger partial charge in [0, 0.05) is 26.4 Å². The molecule has 1 aliphatic heterocycles. The van der Waals surface area contributed by atoms with E-state index in [1.54, 1.807) is 12.1 Å². The summed E-state index contributed by atoms with van der Waals surface area (Å²) in [7, 11) is 1.00. The van der Waals surface area contributed by atoms with Crippen molar-refractivity contribution in [1.29, 1.82) is 0 Å². The van der Waals surface area contributed by atoms with Crippen LogP contribution in [-0.4, -0.2) is 41.5 Å². The molecule has 0 amide bonds. The van der Waals surface area contributed by atoms with Crippen molar-refractivity contribution in [3.05, 3.63) is 35.4 Å². The Kier molecular flexibility index (Phi) is 13.1. The molecule has 0 radical (unpaired) electrons. The predicted octanol–water partition coefficient (Wildman–Crippen LogP) is 4.61. The van der Waals surface area contributed by atoms with Crippen molar-refractivity contribution in [3.63, 3.8) is 0 Å². The second kappa shape index (κ2) is 15.4. The zero-order chi connectivity index (χ0) is 22.2. The number of carbonyl (C=O) groups excluding carboxylic acids is 3. The first-order chi connectivity index (χ1) is 14.6. The number of aliphatic hydroxyl groups excluding tert-OH is 1. The van der Waals surface area contributed by atoms with Gasteiger partial charge in [0.1, 0.15) is 23.9 Å². The van der Waals surface area contributed by atoms with Crippen LogP contribution in [0.2, 0.25) is 0 Å². The molecule has 0 aliphatic carbocycles. The first-order valence-corrected chi connectivity index (χ1v) is 10.7. The predicted molar refractivity (Wildman–Crippen MR) is 116 cm³/mol. The fraction of sp³-hybridized carbons (Fsp3) is 0.542. The van der Waals surface area contributed by atoms with E-state index in [9.17, 15) is 19.5 Å². The maximum atomic E-state index is 12.8. The fourth-order valence-corrected chi connectivity index (χ4v) is 3.40. The molecule has 6 heteroatoms. The SMILES string of the molecule is CO.O=CCCCCC1CCCC(=O)CCCC/C=C/c2cc(O)ccc2C(=O)O1. The Labute approximate surface area is 178 Å². The van der Waals surface area contributed by atoms with Gasteiger partial charge in [-0.2, -0.15) is 0 Å². The number of carbonyl (C=O) groups is 3. The number of esters is 1. The average molecular weight is 419 g/mol. The molecule has 1 atom stereocenters. The number of aromatic hydroxyl groups is 1. The van der Waals surface area contributed by atoms with Crippen LogP contribution in [0.4, 0.5) is 0 Å². The van der Waals surface area contributed by atoms with Crippen LogP contribution in [0.15, 0.2) is 24.3 Å². The molecule has 1 aromatic carbocycles. The van der Waals surface area contributed by atoms with Gasteiger partial charge in [-0.15, -0.1) is 0 Å². The van der Waals surface area contributed by atoms with Gasteiger partial charge >= 0.3 is 5.97 Å². The molecular formula is C24H34O6. The maximum Gasteiger partial charge on any atom is 0.339 e. The molecule has 0 aromatic heterocycles. The number of allylic oxidation sites excluding steroid dienone is 1. The lowest BCUT2D eigenvalue weighted by atomic mass is 10.0. The number of ketones is 1. The number of cyclic esters (lactones) is 1. The van der Waals surface area contributed by atoms with Gasteiger partial charge in [0.15, 0.2) is 0 Å². The van der Waals surface area contributed by atoms with Crippen LogP contribution < -0.4 is 0 Å². The maximum absolute atomic E-state index is 12.8. The summed E-state index contributed by atoms with van der Waals surface area (Å²) in [6.07, 6.45) is 12.2. The average Bonchev–Trinajstić information content (AvgIpc) is 2.74. The van der Waals surface area contributed by atoms with E-state index >= 15 is 0 Å². The molecule has 0 saturated heterocycles. The molecule has 0 bridgehead atoms. The standard InChI is InChI=1S/C23H30O5.CH4O/c24-16-7-3-6-12-21-13-8-11-19(25)10-5-2-1-4-9-18-17-20(26)14-15-22(18)23(27)28-21;1-2/h4,9,14-17,21,26H,1-3,5-8,10-13H2;2H,1H3/b9-4+;. The van der Waals surface area contributed by atoms with Crippen LogP contribution in [0.3, 0.4) is 0 Å². The third-order valence-corrected chi connectivity index (χ3v) is 4.98. The molecule has 0 spiro atoms. The number of Topliss-reactive ketones (excluding diaryl/α,β-unsaturated/α-hetero) is 1. The summed E-state index contributed by atoms with van der Waals surface area (Å²) < 4.78 is 5.75. The van der Waals surface area contributed by atoms with E-state index in [-0.39, 0.29) is 17.6 Å².